The van der Waals surface area contributed by atoms with E-state index in [4.69, 9.17) is 14.6 Å². The van der Waals surface area contributed by atoms with Gasteiger partial charge in [-0.3, -0.25) is 0 Å². The zero-order valence-electron chi connectivity index (χ0n) is 8.14. The molecule has 0 radical (unpaired) electrons. The summed E-state index contributed by atoms with van der Waals surface area (Å²) in [7, 11) is 0. The molecule has 0 aliphatic heterocycles. The van der Waals surface area contributed by atoms with E-state index in [2.05, 4.69) is 15.5 Å². The first-order chi connectivity index (χ1) is 7.38. The summed E-state index contributed by atoms with van der Waals surface area (Å²) in [4.78, 5) is 0. The van der Waals surface area contributed by atoms with Gasteiger partial charge in [0.25, 0.3) is 0 Å². The normalized spacial score (nSPS) is 10.5. The minimum absolute atomic E-state index is 0.402. The maximum Gasteiger partial charge on any atom is 0.315 e. The van der Waals surface area contributed by atoms with Gasteiger partial charge in [0.2, 0.25) is 5.89 Å². The molecule has 2 aromatic rings. The van der Waals surface area contributed by atoms with Crippen LogP contribution in [0.15, 0.2) is 27.4 Å². The molecule has 0 spiro atoms. The summed E-state index contributed by atoms with van der Waals surface area (Å²) in [5.74, 6) is 0.548. The summed E-state index contributed by atoms with van der Waals surface area (Å²) in [5, 5.41) is 10.6. The fraction of sp³-hybridized carbons (Fsp3) is 0.333. The highest BCUT2D eigenvalue weighted by Crippen LogP contribution is 2.08. The molecule has 15 heavy (non-hydrogen) atoms. The molecule has 80 valence electrons. The van der Waals surface area contributed by atoms with Gasteiger partial charge in [-0.25, -0.2) is 0 Å². The molecule has 2 rings (SSSR count). The minimum Gasteiger partial charge on any atom is -0.472 e. The number of nitrogens with one attached hydrogen (secondary N) is 1. The molecule has 2 aromatic heterocycles. The second-order valence-corrected chi connectivity index (χ2v) is 3.02. The Morgan fingerprint density at radius 2 is 2.33 bits per heavy atom. The summed E-state index contributed by atoms with van der Waals surface area (Å²) >= 11 is 0. The van der Waals surface area contributed by atoms with Gasteiger partial charge >= 0.3 is 6.01 Å². The van der Waals surface area contributed by atoms with Gasteiger partial charge in [0.15, 0.2) is 0 Å². The van der Waals surface area contributed by atoms with E-state index in [1.165, 1.54) is 0 Å². The van der Waals surface area contributed by atoms with Crippen molar-refractivity contribution >= 4 is 6.01 Å². The highest BCUT2D eigenvalue weighted by molar-refractivity contribution is 5.20. The van der Waals surface area contributed by atoms with Crippen molar-refractivity contribution in [2.75, 3.05) is 11.9 Å². The van der Waals surface area contributed by atoms with Crippen LogP contribution in [0.5, 0.6) is 0 Å². The Kier molecular flexibility index (Phi) is 2.99. The highest BCUT2D eigenvalue weighted by Gasteiger charge is 2.04. The van der Waals surface area contributed by atoms with E-state index in [1.54, 1.807) is 12.5 Å². The molecule has 0 bridgehead atoms. The van der Waals surface area contributed by atoms with Crippen LogP contribution < -0.4 is 11.1 Å². The zero-order chi connectivity index (χ0) is 10.5. The third kappa shape index (κ3) is 2.57. The molecule has 0 fully saturated rings. The number of hydrogen-bond donors (Lipinski definition) is 2. The number of anilines is 1. The van der Waals surface area contributed by atoms with Crippen LogP contribution in [-0.2, 0) is 13.0 Å². The fourth-order valence-electron chi connectivity index (χ4n) is 1.12. The van der Waals surface area contributed by atoms with E-state index in [0.29, 0.717) is 31.4 Å². The molecule has 0 atom stereocenters. The molecule has 6 heteroatoms. The lowest BCUT2D eigenvalue weighted by atomic mass is 10.3. The van der Waals surface area contributed by atoms with Gasteiger partial charge in [-0.2, -0.15) is 0 Å². The van der Waals surface area contributed by atoms with Gasteiger partial charge in [-0.05, 0) is 6.07 Å². The van der Waals surface area contributed by atoms with E-state index in [0.717, 1.165) is 5.56 Å². The van der Waals surface area contributed by atoms with Gasteiger partial charge in [0.1, 0.15) is 0 Å². The third-order valence-corrected chi connectivity index (χ3v) is 1.85. The van der Waals surface area contributed by atoms with Crippen LogP contribution in [-0.4, -0.2) is 16.7 Å². The molecule has 0 aliphatic carbocycles. The van der Waals surface area contributed by atoms with E-state index in [-0.39, 0.29) is 0 Å². The first-order valence-corrected chi connectivity index (χ1v) is 4.66. The van der Waals surface area contributed by atoms with Crippen molar-refractivity contribution in [1.82, 2.24) is 10.2 Å². The van der Waals surface area contributed by atoms with Crippen LogP contribution in [0.25, 0.3) is 0 Å². The topological polar surface area (TPSA) is 90.1 Å². The van der Waals surface area contributed by atoms with Gasteiger partial charge in [-0.1, -0.05) is 5.10 Å². The number of nitrogens with two attached hydrogens (primary N) is 1. The molecular formula is C9H12N4O2. The van der Waals surface area contributed by atoms with Gasteiger partial charge in [0.05, 0.1) is 12.5 Å². The lowest BCUT2D eigenvalue weighted by Gasteiger charge is -1.96. The zero-order valence-corrected chi connectivity index (χ0v) is 8.14. The Morgan fingerprint density at radius 1 is 1.40 bits per heavy atom. The van der Waals surface area contributed by atoms with Crippen LogP contribution in [0.2, 0.25) is 0 Å². The van der Waals surface area contributed by atoms with Crippen molar-refractivity contribution in [1.29, 1.82) is 0 Å². The molecule has 0 aromatic carbocycles. The van der Waals surface area contributed by atoms with Crippen molar-refractivity contribution in [3.63, 3.8) is 0 Å². The number of aromatic nitrogens is 2. The first-order valence-electron chi connectivity index (χ1n) is 4.66. The van der Waals surface area contributed by atoms with Crippen LogP contribution in [0.3, 0.4) is 0 Å². The molecule has 3 N–H and O–H groups in total. The third-order valence-electron chi connectivity index (χ3n) is 1.85. The monoisotopic (exact) mass is 208 g/mol. The summed E-state index contributed by atoms with van der Waals surface area (Å²) < 4.78 is 10.2. The number of nitrogens with zero attached hydrogens (tertiary/aromatic N) is 2. The van der Waals surface area contributed by atoms with Crippen molar-refractivity contribution in [2.24, 2.45) is 5.73 Å². The average molecular weight is 208 g/mol. The molecule has 6 nitrogen and oxygen atoms in total. The van der Waals surface area contributed by atoms with E-state index in [9.17, 15) is 0 Å². The SMILES string of the molecule is NCCc1nnc(NCc2ccoc2)o1. The molecule has 0 saturated carbocycles. The molecule has 0 saturated heterocycles. The Hall–Kier alpha value is -1.82. The molecule has 2 heterocycles. The lowest BCUT2D eigenvalue weighted by Crippen LogP contribution is -2.02. The predicted octanol–water partition coefficient (Wildman–Crippen LogP) is 0.776. The van der Waals surface area contributed by atoms with Gasteiger partial charge in [0, 0.05) is 25.1 Å². The van der Waals surface area contributed by atoms with Crippen molar-refractivity contribution in [3.8, 4) is 0 Å². The summed E-state index contributed by atoms with van der Waals surface area (Å²) in [6, 6.07) is 2.27. The molecular weight excluding hydrogens is 196 g/mol. The van der Waals surface area contributed by atoms with Crippen LogP contribution in [0.4, 0.5) is 6.01 Å². The standard InChI is InChI=1S/C9H12N4O2/c10-3-1-8-12-13-9(15-8)11-5-7-2-4-14-6-7/h2,4,6H,1,3,5,10H2,(H,11,13). The average Bonchev–Trinajstić information content (AvgIpc) is 2.85. The lowest BCUT2D eigenvalue weighted by molar-refractivity contribution is 0.505. The Balaban J connectivity index is 1.88. The number of rotatable bonds is 5. The Morgan fingerprint density at radius 3 is 3.07 bits per heavy atom. The van der Waals surface area contributed by atoms with Crippen molar-refractivity contribution in [2.45, 2.75) is 13.0 Å². The van der Waals surface area contributed by atoms with E-state index >= 15 is 0 Å². The van der Waals surface area contributed by atoms with Crippen LogP contribution in [0.1, 0.15) is 11.5 Å². The number of hydrogen-bond acceptors (Lipinski definition) is 6. The molecule has 0 unspecified atom stereocenters. The quantitative estimate of drug-likeness (QED) is 0.754. The summed E-state index contributed by atoms with van der Waals surface area (Å²) in [5.41, 5.74) is 6.38. The van der Waals surface area contributed by atoms with Crippen molar-refractivity contribution < 1.29 is 8.83 Å². The summed E-state index contributed by atoms with van der Waals surface area (Å²) in [6.07, 6.45) is 3.87. The molecule has 0 amide bonds. The Bertz CT molecular complexity index is 396. The first kappa shape index (κ1) is 9.72. The Labute approximate surface area is 86.5 Å². The maximum atomic E-state index is 5.36. The van der Waals surface area contributed by atoms with E-state index < -0.39 is 0 Å². The molecule has 0 aliphatic rings. The van der Waals surface area contributed by atoms with E-state index in [1.807, 2.05) is 6.07 Å². The van der Waals surface area contributed by atoms with Gasteiger partial charge < -0.3 is 19.9 Å². The van der Waals surface area contributed by atoms with Crippen molar-refractivity contribution in [3.05, 3.63) is 30.0 Å². The fourth-order valence-corrected chi connectivity index (χ4v) is 1.12. The largest absolute Gasteiger partial charge is 0.472 e. The second-order valence-electron chi connectivity index (χ2n) is 3.02. The smallest absolute Gasteiger partial charge is 0.315 e. The van der Waals surface area contributed by atoms with Crippen LogP contribution >= 0.6 is 0 Å². The maximum absolute atomic E-state index is 5.36. The predicted molar refractivity (Wildman–Crippen MR) is 53.1 cm³/mol. The number of furan rings is 1. The van der Waals surface area contributed by atoms with Crippen LogP contribution in [0, 0.1) is 0 Å². The highest BCUT2D eigenvalue weighted by atomic mass is 16.4. The second kappa shape index (κ2) is 4.61. The van der Waals surface area contributed by atoms with Gasteiger partial charge in [-0.15, -0.1) is 5.10 Å². The summed E-state index contributed by atoms with van der Waals surface area (Å²) in [6.45, 7) is 1.10. The minimum atomic E-state index is 0.402.